The van der Waals surface area contributed by atoms with Gasteiger partial charge in [-0.2, -0.15) is 9.61 Å². The van der Waals surface area contributed by atoms with Crippen LogP contribution in [-0.4, -0.2) is 20.7 Å². The molecule has 0 aliphatic rings. The molecule has 3 aromatic rings. The number of carboxylic acids is 1. The molecule has 1 aromatic carbocycles. The molecule has 0 radical (unpaired) electrons. The van der Waals surface area contributed by atoms with Crippen LogP contribution in [0.2, 0.25) is 10.0 Å². The number of aryl methyl sites for hydroxylation is 2. The van der Waals surface area contributed by atoms with Crippen LogP contribution in [0.15, 0.2) is 22.6 Å². The van der Waals surface area contributed by atoms with Gasteiger partial charge in [0.15, 0.2) is 0 Å². The summed E-state index contributed by atoms with van der Waals surface area (Å²) >= 11 is 12.2. The van der Waals surface area contributed by atoms with Crippen LogP contribution in [0, 0.1) is 6.92 Å². The van der Waals surface area contributed by atoms with Crippen LogP contribution in [0.1, 0.15) is 28.7 Å². The van der Waals surface area contributed by atoms with Crippen LogP contribution in [0.4, 0.5) is 0 Å². The second kappa shape index (κ2) is 5.34. The van der Waals surface area contributed by atoms with E-state index in [0.29, 0.717) is 39.2 Å². The molecule has 0 bridgehead atoms. The third-order valence-electron chi connectivity index (χ3n) is 3.45. The van der Waals surface area contributed by atoms with Gasteiger partial charge in [-0.3, -0.25) is 0 Å². The Balaban J connectivity index is 2.35. The Hall–Kier alpha value is -1.98. The van der Waals surface area contributed by atoms with Crippen molar-refractivity contribution in [2.24, 2.45) is 0 Å². The number of aromatic nitrogens is 2. The lowest BCUT2D eigenvalue weighted by molar-refractivity contribution is 0.0696. The fraction of sp³-hybridized carbons (Fsp3) is 0.200. The topological polar surface area (TPSA) is 67.7 Å². The highest BCUT2D eigenvalue weighted by Crippen LogP contribution is 2.35. The van der Waals surface area contributed by atoms with Crippen LogP contribution in [0.5, 0.6) is 0 Å². The first-order valence-corrected chi connectivity index (χ1v) is 7.39. The van der Waals surface area contributed by atoms with Gasteiger partial charge in [0.25, 0.3) is 0 Å². The van der Waals surface area contributed by atoms with Crippen molar-refractivity contribution in [3.8, 4) is 11.3 Å². The summed E-state index contributed by atoms with van der Waals surface area (Å²) in [6.07, 6.45) is 0.492. The molecule has 0 amide bonds. The van der Waals surface area contributed by atoms with E-state index >= 15 is 0 Å². The molecule has 114 valence electrons. The number of aromatic carboxylic acids is 1. The first-order valence-electron chi connectivity index (χ1n) is 6.63. The molecule has 0 saturated heterocycles. The average Bonchev–Trinajstić information content (AvgIpc) is 2.93. The van der Waals surface area contributed by atoms with Crippen molar-refractivity contribution in [3.63, 3.8) is 0 Å². The number of carbonyl (C=O) groups is 1. The third-order valence-corrected chi connectivity index (χ3v) is 3.99. The summed E-state index contributed by atoms with van der Waals surface area (Å²) in [7, 11) is 0. The van der Waals surface area contributed by atoms with Crippen LogP contribution in [-0.2, 0) is 6.42 Å². The Labute approximate surface area is 136 Å². The van der Waals surface area contributed by atoms with E-state index in [2.05, 4.69) is 5.10 Å². The highest BCUT2D eigenvalue weighted by molar-refractivity contribution is 6.36. The van der Waals surface area contributed by atoms with Crippen LogP contribution >= 0.6 is 23.2 Å². The van der Waals surface area contributed by atoms with E-state index in [9.17, 15) is 9.90 Å². The van der Waals surface area contributed by atoms with Gasteiger partial charge in [0.2, 0.25) is 5.71 Å². The van der Waals surface area contributed by atoms with Gasteiger partial charge >= 0.3 is 5.97 Å². The van der Waals surface area contributed by atoms with E-state index in [0.717, 1.165) is 0 Å². The van der Waals surface area contributed by atoms with Crippen molar-refractivity contribution in [2.75, 3.05) is 0 Å². The van der Waals surface area contributed by atoms with Crippen molar-refractivity contribution >= 4 is 34.9 Å². The molecule has 0 unspecified atom stereocenters. The molecule has 2 aromatic heterocycles. The summed E-state index contributed by atoms with van der Waals surface area (Å²) in [6, 6.07) is 5.10. The number of hydrogen-bond acceptors (Lipinski definition) is 3. The largest absolute Gasteiger partial charge is 0.477 e. The summed E-state index contributed by atoms with van der Waals surface area (Å²) in [5.41, 5.74) is 2.07. The zero-order valence-electron chi connectivity index (χ0n) is 11.9. The third kappa shape index (κ3) is 2.17. The van der Waals surface area contributed by atoms with Gasteiger partial charge in [-0.1, -0.05) is 30.1 Å². The lowest BCUT2D eigenvalue weighted by Crippen LogP contribution is -1.99. The number of fused-ring (bicyclic) bond motifs is 1. The number of oxazole rings is 1. The molecule has 3 rings (SSSR count). The Morgan fingerprint density at radius 1 is 1.41 bits per heavy atom. The Morgan fingerprint density at radius 2 is 2.14 bits per heavy atom. The molecule has 0 fully saturated rings. The fourth-order valence-corrected chi connectivity index (χ4v) is 2.98. The standard InChI is InChI=1S/C15H12Cl2N2O3/c1-3-11-12(15(20)21)14-19(18-11)13(7(2)22-14)9-5-4-8(16)6-10(9)17/h4-6H,3H2,1-2H3,(H,20,21). The van der Waals surface area contributed by atoms with Crippen LogP contribution in [0.3, 0.4) is 0 Å². The van der Waals surface area contributed by atoms with Gasteiger partial charge in [0.05, 0.1) is 10.7 Å². The maximum Gasteiger partial charge on any atom is 0.343 e. The summed E-state index contributed by atoms with van der Waals surface area (Å²) < 4.78 is 7.13. The first-order chi connectivity index (χ1) is 10.4. The molecule has 7 heteroatoms. The summed E-state index contributed by atoms with van der Waals surface area (Å²) in [5, 5.41) is 14.7. The molecule has 0 atom stereocenters. The van der Waals surface area contributed by atoms with Gasteiger partial charge in [0, 0.05) is 10.6 Å². The Kier molecular flexibility index (Phi) is 3.62. The number of nitrogens with zero attached hydrogens (tertiary/aromatic N) is 2. The Morgan fingerprint density at radius 3 is 2.73 bits per heavy atom. The van der Waals surface area contributed by atoms with Crippen molar-refractivity contribution < 1.29 is 14.3 Å². The van der Waals surface area contributed by atoms with Gasteiger partial charge < -0.3 is 9.52 Å². The minimum atomic E-state index is -1.06. The highest BCUT2D eigenvalue weighted by Gasteiger charge is 2.26. The van der Waals surface area contributed by atoms with Crippen molar-refractivity contribution in [2.45, 2.75) is 20.3 Å². The van der Waals surface area contributed by atoms with Crippen molar-refractivity contribution in [1.29, 1.82) is 0 Å². The lowest BCUT2D eigenvalue weighted by atomic mass is 10.1. The van der Waals surface area contributed by atoms with Crippen LogP contribution in [0.25, 0.3) is 17.0 Å². The second-order valence-corrected chi connectivity index (χ2v) is 5.67. The van der Waals surface area contributed by atoms with Gasteiger partial charge in [0.1, 0.15) is 17.0 Å². The molecule has 22 heavy (non-hydrogen) atoms. The number of hydrogen-bond donors (Lipinski definition) is 1. The maximum atomic E-state index is 11.5. The summed E-state index contributed by atoms with van der Waals surface area (Å²) in [5.74, 6) is -0.522. The van der Waals surface area contributed by atoms with E-state index in [1.807, 2.05) is 6.92 Å². The quantitative estimate of drug-likeness (QED) is 0.764. The molecular weight excluding hydrogens is 327 g/mol. The van der Waals surface area contributed by atoms with Gasteiger partial charge in [-0.05, 0) is 31.5 Å². The number of halogens is 2. The molecule has 0 saturated carbocycles. The molecule has 0 aliphatic heterocycles. The van der Waals surface area contributed by atoms with E-state index in [1.54, 1.807) is 25.1 Å². The van der Waals surface area contributed by atoms with E-state index in [4.69, 9.17) is 27.6 Å². The van der Waals surface area contributed by atoms with E-state index in [-0.39, 0.29) is 11.3 Å². The maximum absolute atomic E-state index is 11.5. The number of benzene rings is 1. The number of rotatable bonds is 3. The average molecular weight is 339 g/mol. The van der Waals surface area contributed by atoms with Crippen molar-refractivity contribution in [3.05, 3.63) is 45.3 Å². The second-order valence-electron chi connectivity index (χ2n) is 4.83. The number of carboxylic acid groups (broad SMARTS) is 1. The predicted octanol–water partition coefficient (Wildman–Crippen LogP) is 4.47. The first kappa shape index (κ1) is 14.9. The van der Waals surface area contributed by atoms with Crippen molar-refractivity contribution in [1.82, 2.24) is 9.61 Å². The summed E-state index contributed by atoms with van der Waals surface area (Å²) in [4.78, 5) is 11.5. The summed E-state index contributed by atoms with van der Waals surface area (Å²) in [6.45, 7) is 3.59. The van der Waals surface area contributed by atoms with Gasteiger partial charge in [-0.25, -0.2) is 4.79 Å². The van der Waals surface area contributed by atoms with Gasteiger partial charge in [-0.15, -0.1) is 0 Å². The minimum absolute atomic E-state index is 0.0851. The molecule has 5 nitrogen and oxygen atoms in total. The zero-order valence-corrected chi connectivity index (χ0v) is 13.4. The fourth-order valence-electron chi connectivity index (χ4n) is 2.48. The molecule has 0 aliphatic carbocycles. The highest BCUT2D eigenvalue weighted by atomic mass is 35.5. The predicted molar refractivity (Wildman–Crippen MR) is 84.0 cm³/mol. The molecule has 0 spiro atoms. The monoisotopic (exact) mass is 338 g/mol. The molecular formula is C15H12Cl2N2O3. The molecule has 1 N–H and O–H groups in total. The normalized spacial score (nSPS) is 11.3. The van der Waals surface area contributed by atoms with E-state index in [1.165, 1.54) is 4.52 Å². The smallest absolute Gasteiger partial charge is 0.343 e. The zero-order chi connectivity index (χ0) is 16.0. The Bertz CT molecular complexity index is 896. The van der Waals surface area contributed by atoms with E-state index < -0.39 is 5.97 Å². The SMILES string of the molecule is CCc1nn2c(-c3ccc(Cl)cc3Cl)c(C)oc2c1C(=O)O. The minimum Gasteiger partial charge on any atom is -0.477 e. The van der Waals surface area contributed by atoms with Crippen LogP contribution < -0.4 is 0 Å². The molecule has 2 heterocycles. The lowest BCUT2D eigenvalue weighted by Gasteiger charge is -2.03.